The average molecular weight is 531 g/mol. The lowest BCUT2D eigenvalue weighted by Crippen LogP contribution is -2.65. The third-order valence-corrected chi connectivity index (χ3v) is 6.61. The van der Waals surface area contributed by atoms with E-state index in [1.807, 2.05) is 48.5 Å². The molecule has 1 fully saturated rings. The monoisotopic (exact) mass is 530 g/mol. The van der Waals surface area contributed by atoms with Crippen molar-refractivity contribution >= 4 is 18.0 Å². The van der Waals surface area contributed by atoms with Crippen molar-refractivity contribution in [3.05, 3.63) is 59.7 Å². The normalized spacial score (nSPS) is 25.1. The Balaban J connectivity index is 1.38. The number of alkyl carbamates (subject to hydrolysis) is 1. The van der Waals surface area contributed by atoms with Gasteiger partial charge >= 0.3 is 12.1 Å². The summed E-state index contributed by atoms with van der Waals surface area (Å²) in [4.78, 5) is 35.9. The number of rotatable bonds is 9. The number of benzene rings is 2. The number of nitrogens with one attached hydrogen (secondary N) is 2. The number of carbonyl (C=O) groups is 3. The van der Waals surface area contributed by atoms with Crippen LogP contribution in [0.1, 0.15) is 24.0 Å². The van der Waals surface area contributed by atoms with Gasteiger partial charge in [-0.05, 0) is 22.3 Å². The van der Waals surface area contributed by atoms with Gasteiger partial charge in [0.1, 0.15) is 31.0 Å². The molecule has 6 atom stereocenters. The molecule has 6 N–H and O–H groups in total. The van der Waals surface area contributed by atoms with E-state index in [1.165, 1.54) is 6.92 Å². The number of hydrogen-bond donors (Lipinski definition) is 6. The quantitative estimate of drug-likeness (QED) is 0.257. The van der Waals surface area contributed by atoms with E-state index in [0.717, 1.165) is 22.3 Å². The maximum Gasteiger partial charge on any atom is 0.407 e. The van der Waals surface area contributed by atoms with E-state index in [-0.39, 0.29) is 12.5 Å². The first-order chi connectivity index (χ1) is 18.2. The van der Waals surface area contributed by atoms with Crippen LogP contribution < -0.4 is 10.6 Å². The molecule has 0 saturated carbocycles. The number of aliphatic hydroxyl groups is 3. The molecule has 1 saturated heterocycles. The fourth-order valence-electron chi connectivity index (χ4n) is 4.76. The summed E-state index contributed by atoms with van der Waals surface area (Å²) >= 11 is 0. The fourth-order valence-corrected chi connectivity index (χ4v) is 4.76. The fraction of sp³-hybridized carbons (Fsp3) is 0.423. The molecular weight excluding hydrogens is 500 g/mol. The number of ether oxygens (including phenoxy) is 3. The molecule has 2 amide bonds. The molecule has 0 radical (unpaired) electrons. The average Bonchev–Trinajstić information content (AvgIpc) is 3.22. The minimum absolute atomic E-state index is 0.0222. The summed E-state index contributed by atoms with van der Waals surface area (Å²) < 4.78 is 16.3. The summed E-state index contributed by atoms with van der Waals surface area (Å²) in [6.07, 6.45) is -6.72. The molecule has 12 heteroatoms. The number of carboxylic acids is 1. The van der Waals surface area contributed by atoms with Crippen molar-refractivity contribution < 1.29 is 49.0 Å². The van der Waals surface area contributed by atoms with Crippen molar-refractivity contribution in [3.63, 3.8) is 0 Å². The summed E-state index contributed by atoms with van der Waals surface area (Å²) in [6, 6.07) is 12.7. The standard InChI is InChI=1S/C26H30N2O10/c1-13(30)27-21-23(32)22(31)20(10-29)38-25(21)36-12-19(24(33)34)28-26(35)37-11-18-16-8-4-2-6-14(16)15-7-3-5-9-17(15)18/h2-9,18-23,25,29,31-32H,10-12H2,1H3,(H,27,30)(H,28,35)(H,33,34)/t19-,20+,21+,22-,23+,25?/m0/s1. The van der Waals surface area contributed by atoms with Gasteiger partial charge in [0.05, 0.1) is 13.2 Å². The molecule has 1 aliphatic heterocycles. The number of aliphatic hydroxyl groups excluding tert-OH is 3. The van der Waals surface area contributed by atoms with Crippen LogP contribution in [0.2, 0.25) is 0 Å². The van der Waals surface area contributed by atoms with E-state index in [0.29, 0.717) is 0 Å². The van der Waals surface area contributed by atoms with Crippen LogP contribution in [0.3, 0.4) is 0 Å². The Morgan fingerprint density at radius 3 is 2.16 bits per heavy atom. The van der Waals surface area contributed by atoms with Gasteiger partial charge in [0, 0.05) is 12.8 Å². The van der Waals surface area contributed by atoms with Crippen LogP contribution in [0.25, 0.3) is 11.1 Å². The van der Waals surface area contributed by atoms with E-state index in [2.05, 4.69) is 10.6 Å². The van der Waals surface area contributed by atoms with Gasteiger partial charge in [0.2, 0.25) is 5.91 Å². The van der Waals surface area contributed by atoms with Crippen molar-refractivity contribution in [2.75, 3.05) is 19.8 Å². The molecule has 204 valence electrons. The Kier molecular flexibility index (Phi) is 8.59. The second-order valence-electron chi connectivity index (χ2n) is 9.13. The maximum absolute atomic E-state index is 12.5. The van der Waals surface area contributed by atoms with Gasteiger partial charge in [-0.3, -0.25) is 4.79 Å². The van der Waals surface area contributed by atoms with Crippen LogP contribution >= 0.6 is 0 Å². The molecule has 12 nitrogen and oxygen atoms in total. The molecule has 2 aromatic carbocycles. The van der Waals surface area contributed by atoms with E-state index in [4.69, 9.17) is 14.2 Å². The molecule has 2 aromatic rings. The van der Waals surface area contributed by atoms with Crippen molar-refractivity contribution in [1.29, 1.82) is 0 Å². The minimum Gasteiger partial charge on any atom is -0.480 e. The molecule has 4 rings (SSSR count). The third-order valence-electron chi connectivity index (χ3n) is 6.61. The Morgan fingerprint density at radius 2 is 1.61 bits per heavy atom. The second-order valence-corrected chi connectivity index (χ2v) is 9.13. The molecule has 38 heavy (non-hydrogen) atoms. The highest BCUT2D eigenvalue weighted by Gasteiger charge is 2.45. The number of aliphatic carboxylic acids is 1. The smallest absolute Gasteiger partial charge is 0.407 e. The van der Waals surface area contributed by atoms with Gasteiger partial charge in [-0.25, -0.2) is 9.59 Å². The van der Waals surface area contributed by atoms with Crippen LogP contribution in [0.4, 0.5) is 4.79 Å². The third kappa shape index (κ3) is 5.79. The van der Waals surface area contributed by atoms with Gasteiger partial charge in [-0.2, -0.15) is 0 Å². The van der Waals surface area contributed by atoms with Crippen molar-refractivity contribution in [2.24, 2.45) is 0 Å². The summed E-state index contributed by atoms with van der Waals surface area (Å²) in [5.74, 6) is -2.21. The second kappa shape index (κ2) is 11.9. The van der Waals surface area contributed by atoms with Crippen molar-refractivity contribution in [3.8, 4) is 11.1 Å². The zero-order chi connectivity index (χ0) is 27.4. The molecule has 0 bridgehead atoms. The van der Waals surface area contributed by atoms with E-state index < -0.39 is 67.9 Å². The molecular formula is C26H30N2O10. The number of amides is 2. The lowest BCUT2D eigenvalue weighted by Gasteiger charge is -2.42. The highest BCUT2D eigenvalue weighted by atomic mass is 16.7. The topological polar surface area (TPSA) is 184 Å². The predicted octanol–water partition coefficient (Wildman–Crippen LogP) is -0.0614. The van der Waals surface area contributed by atoms with Crippen molar-refractivity contribution in [1.82, 2.24) is 10.6 Å². The Bertz CT molecular complexity index is 1130. The summed E-state index contributed by atoms with van der Waals surface area (Å²) in [7, 11) is 0. The molecule has 0 aromatic heterocycles. The van der Waals surface area contributed by atoms with Gasteiger partial charge in [-0.15, -0.1) is 0 Å². The molecule has 2 aliphatic rings. The number of carboxylic acid groups (broad SMARTS) is 1. The van der Waals surface area contributed by atoms with Crippen LogP contribution in [0, 0.1) is 0 Å². The maximum atomic E-state index is 12.5. The van der Waals surface area contributed by atoms with Crippen LogP contribution in [0.5, 0.6) is 0 Å². The van der Waals surface area contributed by atoms with Gasteiger partial charge < -0.3 is 45.3 Å². The lowest BCUT2D eigenvalue weighted by molar-refractivity contribution is -0.271. The largest absolute Gasteiger partial charge is 0.480 e. The first kappa shape index (κ1) is 27.5. The van der Waals surface area contributed by atoms with Gasteiger partial charge in [0.15, 0.2) is 12.3 Å². The summed E-state index contributed by atoms with van der Waals surface area (Å²) in [5.41, 5.74) is 4.08. The Hall–Kier alpha value is -3.55. The first-order valence-electron chi connectivity index (χ1n) is 12.1. The molecule has 0 spiro atoms. The summed E-state index contributed by atoms with van der Waals surface area (Å²) in [5, 5.41) is 44.1. The number of hydrogen-bond acceptors (Lipinski definition) is 9. The SMILES string of the molecule is CC(=O)N[C@H]1C(OC[C@H](NC(=O)OCC2c3ccccc3-c3ccccc32)C(=O)O)O[C@H](CO)[C@H](O)[C@@H]1O. The molecule has 1 aliphatic carbocycles. The predicted molar refractivity (Wildman–Crippen MR) is 131 cm³/mol. The minimum atomic E-state index is -1.57. The molecule has 1 unspecified atom stereocenters. The van der Waals surface area contributed by atoms with Crippen molar-refractivity contribution in [2.45, 2.75) is 49.5 Å². The highest BCUT2D eigenvalue weighted by molar-refractivity contribution is 5.81. The van der Waals surface area contributed by atoms with Crippen LogP contribution in [-0.4, -0.2) is 94.9 Å². The molecule has 1 heterocycles. The zero-order valence-corrected chi connectivity index (χ0v) is 20.5. The Labute approximate surface area is 218 Å². The number of carbonyl (C=O) groups excluding carboxylic acids is 2. The zero-order valence-electron chi connectivity index (χ0n) is 20.5. The highest BCUT2D eigenvalue weighted by Crippen LogP contribution is 2.44. The number of fused-ring (bicyclic) bond motifs is 3. The van der Waals surface area contributed by atoms with Crippen LogP contribution in [0.15, 0.2) is 48.5 Å². The lowest BCUT2D eigenvalue weighted by atomic mass is 9.97. The Morgan fingerprint density at radius 1 is 1.00 bits per heavy atom. The van der Waals surface area contributed by atoms with E-state index in [1.54, 1.807) is 0 Å². The summed E-state index contributed by atoms with van der Waals surface area (Å²) in [6.45, 7) is -0.134. The van der Waals surface area contributed by atoms with Gasteiger partial charge in [-0.1, -0.05) is 48.5 Å². The first-order valence-corrected chi connectivity index (χ1v) is 12.1. The van der Waals surface area contributed by atoms with Gasteiger partial charge in [0.25, 0.3) is 0 Å². The van der Waals surface area contributed by atoms with E-state index >= 15 is 0 Å². The van der Waals surface area contributed by atoms with E-state index in [9.17, 15) is 34.8 Å². The van der Waals surface area contributed by atoms with Crippen LogP contribution in [-0.2, 0) is 23.8 Å².